The van der Waals surface area contributed by atoms with Gasteiger partial charge in [-0.1, -0.05) is 12.5 Å². The molecule has 0 aromatic rings. The average Bonchev–Trinajstić information content (AvgIpc) is 2.50. The molecule has 0 spiro atoms. The first kappa shape index (κ1) is 7.08. The second kappa shape index (κ2) is 2.80. The fourth-order valence-electron chi connectivity index (χ4n) is 2.31. The zero-order valence-corrected chi connectivity index (χ0v) is 7.09. The molecule has 0 heterocycles. The second-order valence-corrected chi connectivity index (χ2v) is 3.63. The fourth-order valence-corrected chi connectivity index (χ4v) is 2.31. The first-order chi connectivity index (χ1) is 5.40. The van der Waals surface area contributed by atoms with E-state index in [-0.39, 0.29) is 0 Å². The van der Waals surface area contributed by atoms with Crippen molar-refractivity contribution < 1.29 is 0 Å². The van der Waals surface area contributed by atoms with Crippen LogP contribution in [0.15, 0.2) is 17.1 Å². The Morgan fingerprint density at radius 3 is 3.18 bits per heavy atom. The van der Waals surface area contributed by atoms with Crippen LogP contribution in [0.5, 0.6) is 0 Å². The maximum Gasteiger partial charge on any atom is 0.0344 e. The van der Waals surface area contributed by atoms with E-state index in [4.69, 9.17) is 0 Å². The quantitative estimate of drug-likeness (QED) is 0.501. The van der Waals surface area contributed by atoms with Crippen LogP contribution in [0.1, 0.15) is 25.7 Å². The zero-order chi connectivity index (χ0) is 7.68. The fraction of sp³-hybridized carbons (Fsp3) is 0.700. The van der Waals surface area contributed by atoms with Gasteiger partial charge in [-0.25, -0.2) is 0 Å². The van der Waals surface area contributed by atoms with Gasteiger partial charge in [-0.2, -0.15) is 0 Å². The molecule has 0 radical (unpaired) electrons. The summed E-state index contributed by atoms with van der Waals surface area (Å²) in [6, 6.07) is 0. The summed E-state index contributed by atoms with van der Waals surface area (Å²) in [7, 11) is 1.90. The minimum atomic E-state index is 0.889. The number of hydrogen-bond acceptors (Lipinski definition) is 1. The van der Waals surface area contributed by atoms with Crippen LogP contribution in [-0.4, -0.2) is 12.8 Å². The van der Waals surface area contributed by atoms with Crippen molar-refractivity contribution in [3.8, 4) is 0 Å². The van der Waals surface area contributed by atoms with E-state index in [0.29, 0.717) is 0 Å². The van der Waals surface area contributed by atoms with E-state index in [9.17, 15) is 0 Å². The molecule has 2 rings (SSSR count). The molecule has 0 saturated heterocycles. The smallest absolute Gasteiger partial charge is 0.0344 e. The first-order valence-corrected chi connectivity index (χ1v) is 4.54. The highest BCUT2D eigenvalue weighted by Gasteiger charge is 2.28. The van der Waals surface area contributed by atoms with Gasteiger partial charge in [-0.05, 0) is 37.2 Å². The molecule has 60 valence electrons. The van der Waals surface area contributed by atoms with Crippen molar-refractivity contribution in [3.63, 3.8) is 0 Å². The Balaban J connectivity index is 2.15. The van der Waals surface area contributed by atoms with E-state index in [1.54, 1.807) is 0 Å². The van der Waals surface area contributed by atoms with Gasteiger partial charge >= 0.3 is 0 Å². The molecule has 11 heavy (non-hydrogen) atoms. The van der Waals surface area contributed by atoms with Crippen molar-refractivity contribution >= 4 is 5.71 Å². The Labute approximate surface area is 68.2 Å². The van der Waals surface area contributed by atoms with E-state index in [0.717, 1.165) is 11.8 Å². The molecule has 1 fully saturated rings. The van der Waals surface area contributed by atoms with Crippen molar-refractivity contribution in [3.05, 3.63) is 12.2 Å². The summed E-state index contributed by atoms with van der Waals surface area (Å²) in [5.41, 5.74) is 1.30. The van der Waals surface area contributed by atoms with E-state index >= 15 is 0 Å². The van der Waals surface area contributed by atoms with Crippen LogP contribution in [0.25, 0.3) is 0 Å². The molecule has 0 bridgehead atoms. The Kier molecular flexibility index (Phi) is 1.80. The molecule has 0 N–H and O–H groups in total. The number of aliphatic imine (C=N–C) groups is 1. The predicted molar refractivity (Wildman–Crippen MR) is 47.9 cm³/mol. The Morgan fingerprint density at radius 2 is 2.36 bits per heavy atom. The lowest BCUT2D eigenvalue weighted by atomic mass is 9.86. The second-order valence-electron chi connectivity index (χ2n) is 3.63. The van der Waals surface area contributed by atoms with Crippen molar-refractivity contribution in [2.75, 3.05) is 7.05 Å². The molecular weight excluding hydrogens is 134 g/mol. The molecule has 2 unspecified atom stereocenters. The number of fused-ring (bicyclic) bond motifs is 1. The molecular formula is C10H15N. The van der Waals surface area contributed by atoms with Crippen LogP contribution in [-0.2, 0) is 0 Å². The maximum absolute atomic E-state index is 4.24. The largest absolute Gasteiger partial charge is 0.293 e. The summed E-state index contributed by atoms with van der Waals surface area (Å²) in [5, 5.41) is 0. The summed E-state index contributed by atoms with van der Waals surface area (Å²) < 4.78 is 0. The molecule has 0 aliphatic heterocycles. The summed E-state index contributed by atoms with van der Waals surface area (Å²) in [5.74, 6) is 1.82. The van der Waals surface area contributed by atoms with Crippen LogP contribution in [0.2, 0.25) is 0 Å². The Bertz CT molecular complexity index is 203. The molecule has 2 aliphatic carbocycles. The third kappa shape index (κ3) is 1.24. The van der Waals surface area contributed by atoms with Gasteiger partial charge in [0.05, 0.1) is 0 Å². The van der Waals surface area contributed by atoms with Gasteiger partial charge in [0.1, 0.15) is 0 Å². The molecule has 1 heteroatoms. The topological polar surface area (TPSA) is 12.4 Å². The third-order valence-corrected chi connectivity index (χ3v) is 3.01. The highest BCUT2D eigenvalue weighted by atomic mass is 14.7. The molecule has 0 aromatic carbocycles. The lowest BCUT2D eigenvalue weighted by Crippen LogP contribution is -2.15. The molecule has 0 amide bonds. The molecule has 1 nitrogen and oxygen atoms in total. The molecule has 2 atom stereocenters. The van der Waals surface area contributed by atoms with Crippen molar-refractivity contribution in [1.82, 2.24) is 0 Å². The highest BCUT2D eigenvalue weighted by molar-refractivity contribution is 5.95. The predicted octanol–water partition coefficient (Wildman–Crippen LogP) is 2.43. The van der Waals surface area contributed by atoms with Crippen LogP contribution in [0, 0.1) is 11.8 Å². The average molecular weight is 149 g/mol. The third-order valence-electron chi connectivity index (χ3n) is 3.01. The van der Waals surface area contributed by atoms with Gasteiger partial charge in [0, 0.05) is 12.8 Å². The van der Waals surface area contributed by atoms with Gasteiger partial charge in [0.2, 0.25) is 0 Å². The summed E-state index contributed by atoms with van der Waals surface area (Å²) in [6.07, 6.45) is 10.1. The van der Waals surface area contributed by atoms with Gasteiger partial charge < -0.3 is 0 Å². The number of hydrogen-bond donors (Lipinski definition) is 0. The van der Waals surface area contributed by atoms with Crippen LogP contribution in [0.4, 0.5) is 0 Å². The zero-order valence-electron chi connectivity index (χ0n) is 7.09. The van der Waals surface area contributed by atoms with Crippen molar-refractivity contribution in [1.29, 1.82) is 0 Å². The van der Waals surface area contributed by atoms with E-state index in [1.807, 2.05) is 7.05 Å². The lowest BCUT2D eigenvalue weighted by Gasteiger charge is -2.20. The number of rotatable bonds is 0. The highest BCUT2D eigenvalue weighted by Crippen LogP contribution is 2.37. The number of allylic oxidation sites excluding steroid dienone is 2. The van der Waals surface area contributed by atoms with E-state index in [2.05, 4.69) is 17.1 Å². The van der Waals surface area contributed by atoms with Gasteiger partial charge in [-0.15, -0.1) is 0 Å². The molecule has 0 aromatic heterocycles. The SMILES string of the molecule is CN=C1C=CC2CCCC2C1. The lowest BCUT2D eigenvalue weighted by molar-refractivity contribution is 0.468. The summed E-state index contributed by atoms with van der Waals surface area (Å²) >= 11 is 0. The van der Waals surface area contributed by atoms with E-state index < -0.39 is 0 Å². The Morgan fingerprint density at radius 1 is 1.45 bits per heavy atom. The summed E-state index contributed by atoms with van der Waals surface area (Å²) in [4.78, 5) is 4.24. The monoisotopic (exact) mass is 149 g/mol. The Hall–Kier alpha value is -0.590. The van der Waals surface area contributed by atoms with Gasteiger partial charge in [0.25, 0.3) is 0 Å². The minimum Gasteiger partial charge on any atom is -0.293 e. The standard InChI is InChI=1S/C10H15N/c1-11-10-6-5-8-3-2-4-9(8)7-10/h5-6,8-9H,2-4,7H2,1H3. The van der Waals surface area contributed by atoms with Crippen molar-refractivity contribution in [2.24, 2.45) is 16.8 Å². The van der Waals surface area contributed by atoms with Crippen LogP contribution >= 0.6 is 0 Å². The van der Waals surface area contributed by atoms with Gasteiger partial charge in [0.15, 0.2) is 0 Å². The summed E-state index contributed by atoms with van der Waals surface area (Å²) in [6.45, 7) is 0. The normalized spacial score (nSPS) is 39.5. The van der Waals surface area contributed by atoms with Crippen LogP contribution < -0.4 is 0 Å². The maximum atomic E-state index is 4.24. The first-order valence-electron chi connectivity index (χ1n) is 4.54. The molecule has 1 saturated carbocycles. The minimum absolute atomic E-state index is 0.889. The van der Waals surface area contributed by atoms with Crippen molar-refractivity contribution in [2.45, 2.75) is 25.7 Å². The van der Waals surface area contributed by atoms with Crippen LogP contribution in [0.3, 0.4) is 0 Å². The molecule has 2 aliphatic rings. The van der Waals surface area contributed by atoms with Gasteiger partial charge in [-0.3, -0.25) is 4.99 Å². The number of nitrogens with zero attached hydrogens (tertiary/aromatic N) is 1. The van der Waals surface area contributed by atoms with E-state index in [1.165, 1.54) is 31.4 Å².